The molecule has 0 aromatic heterocycles. The summed E-state index contributed by atoms with van der Waals surface area (Å²) in [5.74, 6) is -0.370. The van der Waals surface area contributed by atoms with Gasteiger partial charge in [0.1, 0.15) is 0 Å². The van der Waals surface area contributed by atoms with Crippen LogP contribution in [-0.4, -0.2) is 11.8 Å². The molecule has 3 aromatic carbocycles. The molecule has 0 saturated heterocycles. The lowest BCUT2D eigenvalue weighted by Crippen LogP contribution is -2.15. The van der Waals surface area contributed by atoms with Crippen molar-refractivity contribution < 1.29 is 9.59 Å². The minimum atomic E-state index is -0.277. The quantitative estimate of drug-likeness (QED) is 0.650. The number of hydrogen-bond donors (Lipinski definition) is 2. The third kappa shape index (κ3) is 5.19. The summed E-state index contributed by atoms with van der Waals surface area (Å²) in [6.07, 6.45) is 0.311. The molecule has 27 heavy (non-hydrogen) atoms. The molecule has 4 nitrogen and oxygen atoms in total. The molecule has 0 aliphatic rings. The third-order valence-corrected chi connectivity index (χ3v) is 4.32. The van der Waals surface area contributed by atoms with Crippen LogP contribution in [0.25, 0.3) is 0 Å². The average molecular weight is 379 g/mol. The minimum Gasteiger partial charge on any atom is -0.326 e. The van der Waals surface area contributed by atoms with Crippen LogP contribution in [0, 0.1) is 6.92 Å². The second-order valence-corrected chi connectivity index (χ2v) is 6.63. The van der Waals surface area contributed by atoms with E-state index in [1.54, 1.807) is 36.4 Å². The summed E-state index contributed by atoms with van der Waals surface area (Å²) in [6.45, 7) is 1.92. The molecule has 0 bridgehead atoms. The molecule has 0 fully saturated rings. The number of amides is 2. The van der Waals surface area contributed by atoms with Crippen LogP contribution >= 0.6 is 11.6 Å². The lowest BCUT2D eigenvalue weighted by molar-refractivity contribution is -0.115. The predicted molar refractivity (Wildman–Crippen MR) is 109 cm³/mol. The zero-order valence-corrected chi connectivity index (χ0v) is 15.6. The SMILES string of the molecule is Cc1ccc(C(=O)Nc2ccc(NC(=O)Cc3ccccc3)cc2)c(Cl)c1. The Kier molecular flexibility index (Phi) is 5.89. The molecule has 2 amide bonds. The molecule has 2 N–H and O–H groups in total. The smallest absolute Gasteiger partial charge is 0.257 e. The van der Waals surface area contributed by atoms with Crippen molar-refractivity contribution in [3.8, 4) is 0 Å². The highest BCUT2D eigenvalue weighted by atomic mass is 35.5. The molecule has 3 aromatic rings. The van der Waals surface area contributed by atoms with E-state index in [-0.39, 0.29) is 11.8 Å². The number of anilines is 2. The zero-order valence-electron chi connectivity index (χ0n) is 14.8. The van der Waals surface area contributed by atoms with Crippen LogP contribution in [0.15, 0.2) is 72.8 Å². The van der Waals surface area contributed by atoms with Gasteiger partial charge < -0.3 is 10.6 Å². The van der Waals surface area contributed by atoms with Crippen LogP contribution in [0.3, 0.4) is 0 Å². The molecule has 0 spiro atoms. The van der Waals surface area contributed by atoms with Crippen molar-refractivity contribution in [1.82, 2.24) is 0 Å². The van der Waals surface area contributed by atoms with Gasteiger partial charge in [-0.3, -0.25) is 9.59 Å². The maximum atomic E-state index is 12.3. The van der Waals surface area contributed by atoms with E-state index in [4.69, 9.17) is 11.6 Å². The van der Waals surface area contributed by atoms with Crippen LogP contribution in [0.1, 0.15) is 21.5 Å². The summed E-state index contributed by atoms with van der Waals surface area (Å²) < 4.78 is 0. The second-order valence-electron chi connectivity index (χ2n) is 6.23. The van der Waals surface area contributed by atoms with E-state index >= 15 is 0 Å². The number of aryl methyl sites for hydroxylation is 1. The lowest BCUT2D eigenvalue weighted by atomic mass is 10.1. The largest absolute Gasteiger partial charge is 0.326 e. The Morgan fingerprint density at radius 1 is 0.852 bits per heavy atom. The Balaban J connectivity index is 1.60. The zero-order chi connectivity index (χ0) is 19.2. The topological polar surface area (TPSA) is 58.2 Å². The summed E-state index contributed by atoms with van der Waals surface area (Å²) in [5.41, 5.74) is 3.66. The molecule has 0 radical (unpaired) electrons. The van der Waals surface area contributed by atoms with E-state index in [1.807, 2.05) is 43.3 Å². The number of carbonyl (C=O) groups is 2. The van der Waals surface area contributed by atoms with Crippen LogP contribution in [0.2, 0.25) is 5.02 Å². The van der Waals surface area contributed by atoms with Crippen molar-refractivity contribution in [3.05, 3.63) is 94.5 Å². The molecular formula is C22H19ClN2O2. The van der Waals surface area contributed by atoms with Gasteiger partial charge in [0.15, 0.2) is 0 Å². The van der Waals surface area contributed by atoms with Gasteiger partial charge in [-0.05, 0) is 54.4 Å². The van der Waals surface area contributed by atoms with Crippen LogP contribution < -0.4 is 10.6 Å². The first-order valence-electron chi connectivity index (χ1n) is 8.52. The van der Waals surface area contributed by atoms with Gasteiger partial charge in [0.25, 0.3) is 5.91 Å². The summed E-state index contributed by atoms with van der Waals surface area (Å²) >= 11 is 6.13. The molecule has 5 heteroatoms. The summed E-state index contributed by atoms with van der Waals surface area (Å²) in [6, 6.07) is 21.8. The second kappa shape index (κ2) is 8.52. The van der Waals surface area contributed by atoms with E-state index in [2.05, 4.69) is 10.6 Å². The Hall–Kier alpha value is -3.11. The van der Waals surface area contributed by atoms with Crippen molar-refractivity contribution >= 4 is 34.8 Å². The normalized spacial score (nSPS) is 10.3. The fraction of sp³-hybridized carbons (Fsp3) is 0.0909. The molecule has 0 heterocycles. The van der Waals surface area contributed by atoms with Crippen molar-refractivity contribution in [2.45, 2.75) is 13.3 Å². The van der Waals surface area contributed by atoms with Crippen LogP contribution in [0.5, 0.6) is 0 Å². The van der Waals surface area contributed by atoms with E-state index < -0.39 is 0 Å². The number of benzene rings is 3. The molecule has 0 aliphatic heterocycles. The maximum Gasteiger partial charge on any atom is 0.257 e. The van der Waals surface area contributed by atoms with Gasteiger partial charge in [0.05, 0.1) is 17.0 Å². The fourth-order valence-corrected chi connectivity index (χ4v) is 2.95. The average Bonchev–Trinajstić information content (AvgIpc) is 2.64. The van der Waals surface area contributed by atoms with Gasteiger partial charge in [-0.1, -0.05) is 48.0 Å². The molecule has 0 saturated carbocycles. The summed E-state index contributed by atoms with van der Waals surface area (Å²) in [4.78, 5) is 24.4. The van der Waals surface area contributed by atoms with E-state index in [0.29, 0.717) is 28.4 Å². The molecule has 0 aliphatic carbocycles. The van der Waals surface area contributed by atoms with E-state index in [1.165, 1.54) is 0 Å². The molecule has 136 valence electrons. The Bertz CT molecular complexity index is 954. The van der Waals surface area contributed by atoms with Crippen molar-refractivity contribution in [2.24, 2.45) is 0 Å². The molecule has 0 unspecified atom stereocenters. The van der Waals surface area contributed by atoms with Gasteiger partial charge in [0.2, 0.25) is 5.91 Å². The summed E-state index contributed by atoms with van der Waals surface area (Å²) in [7, 11) is 0. The fourth-order valence-electron chi connectivity index (χ4n) is 2.63. The number of rotatable bonds is 5. The summed E-state index contributed by atoms with van der Waals surface area (Å²) in [5, 5.41) is 6.06. The first-order chi connectivity index (χ1) is 13.0. The molecule has 0 atom stereocenters. The molecule has 3 rings (SSSR count). The van der Waals surface area contributed by atoms with Crippen molar-refractivity contribution in [2.75, 3.05) is 10.6 Å². The van der Waals surface area contributed by atoms with Gasteiger partial charge in [-0.2, -0.15) is 0 Å². The van der Waals surface area contributed by atoms with Gasteiger partial charge >= 0.3 is 0 Å². The lowest BCUT2D eigenvalue weighted by Gasteiger charge is -2.09. The highest BCUT2D eigenvalue weighted by molar-refractivity contribution is 6.34. The monoisotopic (exact) mass is 378 g/mol. The Morgan fingerprint density at radius 2 is 1.48 bits per heavy atom. The Labute approximate surface area is 163 Å². The van der Waals surface area contributed by atoms with Crippen molar-refractivity contribution in [3.63, 3.8) is 0 Å². The minimum absolute atomic E-state index is 0.0931. The number of carbonyl (C=O) groups excluding carboxylic acids is 2. The van der Waals surface area contributed by atoms with Crippen molar-refractivity contribution in [1.29, 1.82) is 0 Å². The van der Waals surface area contributed by atoms with Gasteiger partial charge in [0, 0.05) is 11.4 Å². The number of hydrogen-bond acceptors (Lipinski definition) is 2. The first kappa shape index (κ1) is 18.7. The standard InChI is InChI=1S/C22H19ClN2O2/c1-15-7-12-19(20(23)13-15)22(27)25-18-10-8-17(9-11-18)24-21(26)14-16-5-3-2-4-6-16/h2-13H,14H2,1H3,(H,24,26)(H,25,27). The predicted octanol–water partition coefficient (Wildman–Crippen LogP) is 5.08. The first-order valence-corrected chi connectivity index (χ1v) is 8.90. The number of nitrogens with one attached hydrogen (secondary N) is 2. The van der Waals surface area contributed by atoms with Crippen LogP contribution in [0.4, 0.5) is 11.4 Å². The van der Waals surface area contributed by atoms with E-state index in [0.717, 1.165) is 11.1 Å². The highest BCUT2D eigenvalue weighted by Crippen LogP contribution is 2.20. The maximum absolute atomic E-state index is 12.3. The highest BCUT2D eigenvalue weighted by Gasteiger charge is 2.11. The Morgan fingerprint density at radius 3 is 2.11 bits per heavy atom. The van der Waals surface area contributed by atoms with E-state index in [9.17, 15) is 9.59 Å². The third-order valence-electron chi connectivity index (χ3n) is 4.00. The van der Waals surface area contributed by atoms with Gasteiger partial charge in [-0.15, -0.1) is 0 Å². The molecular weight excluding hydrogens is 360 g/mol. The number of halogens is 1. The van der Waals surface area contributed by atoms with Crippen LogP contribution in [-0.2, 0) is 11.2 Å². The van der Waals surface area contributed by atoms with Gasteiger partial charge in [-0.25, -0.2) is 0 Å².